The molecule has 2 N–H and O–H groups in total. The number of hydrogen-bond donors (Lipinski definition) is 2. The van der Waals surface area contributed by atoms with Gasteiger partial charge in [-0.3, -0.25) is 0 Å². The summed E-state index contributed by atoms with van der Waals surface area (Å²) >= 11 is 0. The molecule has 6 heteroatoms. The summed E-state index contributed by atoms with van der Waals surface area (Å²) in [6.45, 7) is 10.3. The van der Waals surface area contributed by atoms with E-state index in [4.69, 9.17) is 4.74 Å². The predicted octanol–water partition coefficient (Wildman–Crippen LogP) is 4.62. The summed E-state index contributed by atoms with van der Waals surface area (Å²) in [6.07, 6.45) is 6.81. The SMILES string of the molecule is CCCCOc1cccc(CNCC2CCC(NS(=O)(=O)C(C)(C)CC)CC2)c1. The molecular formula is C23H40N2O3S. The van der Waals surface area contributed by atoms with Crippen molar-refractivity contribution < 1.29 is 13.2 Å². The molecule has 1 saturated carbocycles. The molecule has 1 aromatic carbocycles. The Kier molecular flexibility index (Phi) is 9.44. The van der Waals surface area contributed by atoms with Gasteiger partial charge in [0.2, 0.25) is 10.0 Å². The summed E-state index contributed by atoms with van der Waals surface area (Å²) in [5.41, 5.74) is 1.24. The van der Waals surface area contributed by atoms with Gasteiger partial charge in [-0.15, -0.1) is 0 Å². The van der Waals surface area contributed by atoms with E-state index in [-0.39, 0.29) is 6.04 Å². The van der Waals surface area contributed by atoms with E-state index in [0.717, 1.165) is 64.0 Å². The van der Waals surface area contributed by atoms with E-state index in [1.165, 1.54) is 5.56 Å². The zero-order chi connectivity index (χ0) is 21.3. The fourth-order valence-corrected chi connectivity index (χ4v) is 4.93. The molecule has 0 atom stereocenters. The van der Waals surface area contributed by atoms with Crippen LogP contribution in [-0.2, 0) is 16.6 Å². The molecule has 0 saturated heterocycles. The third-order valence-electron chi connectivity index (χ3n) is 6.17. The van der Waals surface area contributed by atoms with Crippen LogP contribution in [0.5, 0.6) is 5.75 Å². The van der Waals surface area contributed by atoms with Crippen LogP contribution >= 0.6 is 0 Å². The van der Waals surface area contributed by atoms with Gasteiger partial charge in [0, 0.05) is 12.6 Å². The van der Waals surface area contributed by atoms with E-state index < -0.39 is 14.8 Å². The highest BCUT2D eigenvalue weighted by molar-refractivity contribution is 7.90. The highest BCUT2D eigenvalue weighted by Gasteiger charge is 2.35. The van der Waals surface area contributed by atoms with Crippen molar-refractivity contribution in [1.29, 1.82) is 0 Å². The molecule has 5 nitrogen and oxygen atoms in total. The quantitative estimate of drug-likeness (QED) is 0.480. The highest BCUT2D eigenvalue weighted by Crippen LogP contribution is 2.27. The van der Waals surface area contributed by atoms with Crippen LogP contribution in [-0.4, -0.2) is 32.4 Å². The number of sulfonamides is 1. The van der Waals surface area contributed by atoms with Crippen LogP contribution in [0.2, 0.25) is 0 Å². The number of rotatable bonds is 12. The molecule has 1 aromatic rings. The Balaban J connectivity index is 1.71. The molecule has 0 unspecified atom stereocenters. The average molecular weight is 425 g/mol. The minimum absolute atomic E-state index is 0.0824. The Labute approximate surface area is 178 Å². The molecular weight excluding hydrogens is 384 g/mol. The Bertz CT molecular complexity index is 711. The standard InChI is InChI=1S/C23H40N2O3S/c1-5-7-15-28-22-10-8-9-20(16-22)18-24-17-19-11-13-21(14-12-19)25-29(26,27)23(3,4)6-2/h8-10,16,19,21,24-25H,5-7,11-15,17-18H2,1-4H3. The van der Waals surface area contributed by atoms with Crippen LogP contribution in [0.1, 0.15) is 78.2 Å². The molecule has 0 heterocycles. The van der Waals surface area contributed by atoms with Crippen molar-refractivity contribution in [1.82, 2.24) is 10.0 Å². The summed E-state index contributed by atoms with van der Waals surface area (Å²) in [5.74, 6) is 1.56. The largest absolute Gasteiger partial charge is 0.494 e. The van der Waals surface area contributed by atoms with Gasteiger partial charge in [0.15, 0.2) is 0 Å². The smallest absolute Gasteiger partial charge is 0.217 e. The van der Waals surface area contributed by atoms with Crippen LogP contribution in [0.15, 0.2) is 24.3 Å². The van der Waals surface area contributed by atoms with Gasteiger partial charge in [0.1, 0.15) is 5.75 Å². The first-order valence-corrected chi connectivity index (χ1v) is 12.7. The second kappa shape index (κ2) is 11.3. The monoisotopic (exact) mass is 424 g/mol. The van der Waals surface area contributed by atoms with Gasteiger partial charge in [-0.2, -0.15) is 0 Å². The zero-order valence-corrected chi connectivity index (χ0v) is 19.5. The Hall–Kier alpha value is -1.11. The van der Waals surface area contributed by atoms with Gasteiger partial charge in [-0.1, -0.05) is 32.4 Å². The molecule has 0 aliphatic heterocycles. The number of hydrogen-bond acceptors (Lipinski definition) is 4. The van der Waals surface area contributed by atoms with Crippen molar-refractivity contribution in [2.75, 3.05) is 13.2 Å². The zero-order valence-electron chi connectivity index (χ0n) is 18.7. The van der Waals surface area contributed by atoms with Gasteiger partial charge in [0.25, 0.3) is 0 Å². The van der Waals surface area contributed by atoms with Crippen molar-refractivity contribution in [3.8, 4) is 5.75 Å². The summed E-state index contributed by atoms with van der Waals surface area (Å²) in [7, 11) is -3.27. The maximum absolute atomic E-state index is 12.5. The first-order chi connectivity index (χ1) is 13.8. The number of ether oxygens (including phenoxy) is 1. The van der Waals surface area contributed by atoms with Crippen molar-refractivity contribution in [2.45, 2.75) is 90.0 Å². The summed E-state index contributed by atoms with van der Waals surface area (Å²) in [4.78, 5) is 0. The summed E-state index contributed by atoms with van der Waals surface area (Å²) in [5, 5.41) is 3.57. The van der Waals surface area contributed by atoms with Crippen molar-refractivity contribution in [2.24, 2.45) is 5.92 Å². The number of benzene rings is 1. The van der Waals surface area contributed by atoms with Crippen LogP contribution in [0.4, 0.5) is 0 Å². The summed E-state index contributed by atoms with van der Waals surface area (Å²) < 4.78 is 33.1. The summed E-state index contributed by atoms with van der Waals surface area (Å²) in [6, 6.07) is 8.39. The van der Waals surface area contributed by atoms with Crippen molar-refractivity contribution in [3.05, 3.63) is 29.8 Å². The number of unbranched alkanes of at least 4 members (excludes halogenated alkanes) is 1. The Morgan fingerprint density at radius 1 is 1.14 bits per heavy atom. The Morgan fingerprint density at radius 3 is 2.52 bits per heavy atom. The van der Waals surface area contributed by atoms with Gasteiger partial charge in [0.05, 0.1) is 11.4 Å². The van der Waals surface area contributed by atoms with Gasteiger partial charge in [-0.25, -0.2) is 13.1 Å². The van der Waals surface area contributed by atoms with Crippen molar-refractivity contribution >= 4 is 10.0 Å². The maximum atomic E-state index is 12.5. The normalized spacial score (nSPS) is 20.6. The van der Waals surface area contributed by atoms with Crippen LogP contribution < -0.4 is 14.8 Å². The molecule has 1 aliphatic carbocycles. The lowest BCUT2D eigenvalue weighted by Crippen LogP contribution is -2.47. The molecule has 1 fully saturated rings. The average Bonchev–Trinajstić information content (AvgIpc) is 2.69. The van der Waals surface area contributed by atoms with Gasteiger partial charge >= 0.3 is 0 Å². The van der Waals surface area contributed by atoms with Crippen LogP contribution in [0, 0.1) is 5.92 Å². The predicted molar refractivity (Wildman–Crippen MR) is 121 cm³/mol. The van der Waals surface area contributed by atoms with E-state index in [9.17, 15) is 8.42 Å². The number of nitrogens with one attached hydrogen (secondary N) is 2. The second-order valence-corrected chi connectivity index (χ2v) is 11.3. The first kappa shape index (κ1) is 24.2. The third kappa shape index (κ3) is 7.58. The lowest BCUT2D eigenvalue weighted by Gasteiger charge is -2.32. The van der Waals surface area contributed by atoms with E-state index >= 15 is 0 Å². The fourth-order valence-electron chi connectivity index (χ4n) is 3.55. The lowest BCUT2D eigenvalue weighted by atomic mass is 9.86. The van der Waals surface area contributed by atoms with Gasteiger partial charge in [-0.05, 0) is 82.5 Å². The molecule has 0 spiro atoms. The molecule has 0 bridgehead atoms. The lowest BCUT2D eigenvalue weighted by molar-refractivity contribution is 0.300. The van der Waals surface area contributed by atoms with Crippen LogP contribution in [0.3, 0.4) is 0 Å². The molecule has 1 aliphatic rings. The maximum Gasteiger partial charge on any atom is 0.217 e. The second-order valence-electron chi connectivity index (χ2n) is 8.93. The molecule has 0 amide bonds. The third-order valence-corrected chi connectivity index (χ3v) is 8.56. The fraction of sp³-hybridized carbons (Fsp3) is 0.739. The van der Waals surface area contributed by atoms with Crippen LogP contribution in [0.25, 0.3) is 0 Å². The van der Waals surface area contributed by atoms with Gasteiger partial charge < -0.3 is 10.1 Å². The van der Waals surface area contributed by atoms with E-state index in [2.05, 4.69) is 29.1 Å². The molecule has 166 valence electrons. The molecule has 0 radical (unpaired) electrons. The minimum Gasteiger partial charge on any atom is -0.494 e. The molecule has 29 heavy (non-hydrogen) atoms. The van der Waals surface area contributed by atoms with Crippen molar-refractivity contribution in [3.63, 3.8) is 0 Å². The molecule has 2 rings (SSSR count). The van der Waals surface area contributed by atoms with E-state index in [1.807, 2.05) is 19.1 Å². The highest BCUT2D eigenvalue weighted by atomic mass is 32.2. The molecule has 0 aromatic heterocycles. The topological polar surface area (TPSA) is 67.4 Å². The van der Waals surface area contributed by atoms with E-state index in [1.54, 1.807) is 13.8 Å². The van der Waals surface area contributed by atoms with E-state index in [0.29, 0.717) is 12.3 Å². The Morgan fingerprint density at radius 2 is 1.86 bits per heavy atom. The minimum atomic E-state index is -3.27. The first-order valence-electron chi connectivity index (χ1n) is 11.2.